The smallest absolute Gasteiger partial charge is 0.264 e. The van der Waals surface area contributed by atoms with Crippen molar-refractivity contribution in [3.8, 4) is 11.5 Å². The standard InChI is InChI=1S/C19H23FN2O2S.ClH/c1-21-18(11-12-23-16-9-7-15(20)8-10-16)14-5-4-6-17(13-14)24-19(25)22(2)3;/h4-10,13,18,21H,11-12H2,1-3H3;1H. The number of benzene rings is 2. The van der Waals surface area contributed by atoms with Gasteiger partial charge in [-0.1, -0.05) is 12.1 Å². The molecule has 2 aromatic carbocycles. The average Bonchev–Trinajstić information content (AvgIpc) is 2.60. The van der Waals surface area contributed by atoms with Gasteiger partial charge in [-0.25, -0.2) is 4.39 Å². The second kappa shape index (κ2) is 11.0. The zero-order chi connectivity index (χ0) is 18.2. The van der Waals surface area contributed by atoms with E-state index in [4.69, 9.17) is 21.7 Å². The van der Waals surface area contributed by atoms with Crippen molar-refractivity contribution in [2.75, 3.05) is 27.7 Å². The predicted octanol–water partition coefficient (Wildman–Crippen LogP) is 4.20. The van der Waals surface area contributed by atoms with Gasteiger partial charge in [-0.15, -0.1) is 12.4 Å². The first-order chi connectivity index (χ1) is 12.0. The third kappa shape index (κ3) is 6.78. The maximum Gasteiger partial charge on any atom is 0.264 e. The molecule has 1 unspecified atom stereocenters. The fourth-order valence-electron chi connectivity index (χ4n) is 2.29. The van der Waals surface area contributed by atoms with E-state index in [9.17, 15) is 4.39 Å². The van der Waals surface area contributed by atoms with E-state index in [1.54, 1.807) is 17.0 Å². The molecule has 142 valence electrons. The lowest BCUT2D eigenvalue weighted by atomic mass is 10.0. The summed E-state index contributed by atoms with van der Waals surface area (Å²) in [6.45, 7) is 0.512. The van der Waals surface area contributed by atoms with E-state index < -0.39 is 0 Å². The van der Waals surface area contributed by atoms with Crippen LogP contribution in [0.5, 0.6) is 11.5 Å². The summed E-state index contributed by atoms with van der Waals surface area (Å²) >= 11 is 5.17. The Bertz CT molecular complexity index is 698. The van der Waals surface area contributed by atoms with Crippen molar-refractivity contribution < 1.29 is 13.9 Å². The second-order valence-electron chi connectivity index (χ2n) is 5.77. The minimum Gasteiger partial charge on any atom is -0.494 e. The lowest BCUT2D eigenvalue weighted by Crippen LogP contribution is -2.25. The van der Waals surface area contributed by atoms with E-state index in [1.807, 2.05) is 45.4 Å². The van der Waals surface area contributed by atoms with Crippen LogP contribution in [0.2, 0.25) is 0 Å². The lowest BCUT2D eigenvalue weighted by Gasteiger charge is -2.19. The average molecular weight is 399 g/mol. The molecular weight excluding hydrogens is 375 g/mol. The number of thiocarbonyl (C=S) groups is 1. The first-order valence-corrected chi connectivity index (χ1v) is 8.45. The topological polar surface area (TPSA) is 33.7 Å². The van der Waals surface area contributed by atoms with Crippen LogP contribution in [0.1, 0.15) is 18.0 Å². The molecule has 0 heterocycles. The van der Waals surface area contributed by atoms with E-state index in [2.05, 4.69) is 5.32 Å². The molecule has 0 spiro atoms. The van der Waals surface area contributed by atoms with Crippen molar-refractivity contribution in [3.05, 3.63) is 59.9 Å². The van der Waals surface area contributed by atoms with Gasteiger partial charge >= 0.3 is 0 Å². The molecule has 7 heteroatoms. The molecule has 4 nitrogen and oxygen atoms in total. The lowest BCUT2D eigenvalue weighted by molar-refractivity contribution is 0.289. The van der Waals surface area contributed by atoms with Crippen LogP contribution in [-0.4, -0.2) is 37.8 Å². The Balaban J connectivity index is 0.00000338. The molecule has 0 saturated carbocycles. The van der Waals surface area contributed by atoms with E-state index in [0.29, 0.717) is 23.3 Å². The molecule has 2 rings (SSSR count). The van der Waals surface area contributed by atoms with Crippen molar-refractivity contribution in [1.29, 1.82) is 0 Å². The van der Waals surface area contributed by atoms with Crippen LogP contribution in [0, 0.1) is 5.82 Å². The SMILES string of the molecule is CNC(CCOc1ccc(F)cc1)c1cccc(OC(=S)N(C)C)c1.Cl. The third-order valence-corrected chi connectivity index (χ3v) is 4.12. The van der Waals surface area contributed by atoms with E-state index in [0.717, 1.165) is 12.0 Å². The number of rotatable bonds is 7. The molecular formula is C19H24ClFN2O2S. The van der Waals surface area contributed by atoms with Crippen LogP contribution < -0.4 is 14.8 Å². The number of hydrogen-bond acceptors (Lipinski definition) is 4. The molecule has 0 fully saturated rings. The number of ether oxygens (including phenoxy) is 2. The van der Waals surface area contributed by atoms with Gasteiger partial charge in [-0.05, 0) is 61.2 Å². The molecule has 0 bridgehead atoms. The fraction of sp³-hybridized carbons (Fsp3) is 0.316. The monoisotopic (exact) mass is 398 g/mol. The highest BCUT2D eigenvalue weighted by Gasteiger charge is 2.11. The first kappa shape index (κ1) is 22.2. The molecule has 0 saturated heterocycles. The Morgan fingerprint density at radius 3 is 2.46 bits per heavy atom. The minimum atomic E-state index is -0.270. The molecule has 0 aliphatic rings. The van der Waals surface area contributed by atoms with Gasteiger partial charge < -0.3 is 19.7 Å². The minimum absolute atomic E-state index is 0. The predicted molar refractivity (Wildman–Crippen MR) is 109 cm³/mol. The third-order valence-electron chi connectivity index (χ3n) is 3.67. The summed E-state index contributed by atoms with van der Waals surface area (Å²) in [5.41, 5.74) is 1.09. The Morgan fingerprint density at radius 2 is 1.85 bits per heavy atom. The first-order valence-electron chi connectivity index (χ1n) is 8.04. The van der Waals surface area contributed by atoms with Crippen molar-refractivity contribution in [2.45, 2.75) is 12.5 Å². The fourth-order valence-corrected chi connectivity index (χ4v) is 2.39. The Morgan fingerprint density at radius 1 is 1.15 bits per heavy atom. The van der Waals surface area contributed by atoms with Crippen LogP contribution in [0.3, 0.4) is 0 Å². The molecule has 0 radical (unpaired) electrons. The zero-order valence-electron chi connectivity index (χ0n) is 15.1. The van der Waals surface area contributed by atoms with Crippen LogP contribution in [0.4, 0.5) is 4.39 Å². The number of nitrogens with zero attached hydrogens (tertiary/aromatic N) is 1. The summed E-state index contributed by atoms with van der Waals surface area (Å²) in [5.74, 6) is 1.09. The molecule has 1 N–H and O–H groups in total. The van der Waals surface area contributed by atoms with Gasteiger partial charge in [0.25, 0.3) is 5.17 Å². The Labute approximate surface area is 165 Å². The van der Waals surface area contributed by atoms with Gasteiger partial charge in [0.15, 0.2) is 0 Å². The van der Waals surface area contributed by atoms with Crippen LogP contribution >= 0.6 is 24.6 Å². The maximum absolute atomic E-state index is 12.9. The highest BCUT2D eigenvalue weighted by Crippen LogP contribution is 2.22. The molecule has 0 amide bonds. The quantitative estimate of drug-likeness (QED) is 0.707. The molecule has 0 aliphatic heterocycles. The molecule has 1 atom stereocenters. The summed E-state index contributed by atoms with van der Waals surface area (Å²) in [6, 6.07) is 13.9. The second-order valence-corrected chi connectivity index (χ2v) is 6.12. The summed E-state index contributed by atoms with van der Waals surface area (Å²) in [6.07, 6.45) is 0.759. The number of nitrogens with one attached hydrogen (secondary N) is 1. The van der Waals surface area contributed by atoms with Crippen molar-refractivity contribution >= 4 is 29.8 Å². The highest BCUT2D eigenvalue weighted by atomic mass is 35.5. The van der Waals surface area contributed by atoms with Gasteiger partial charge in [-0.2, -0.15) is 0 Å². The molecule has 0 aliphatic carbocycles. The van der Waals surface area contributed by atoms with Gasteiger partial charge in [-0.3, -0.25) is 0 Å². The summed E-state index contributed by atoms with van der Waals surface area (Å²) < 4.78 is 24.2. The largest absolute Gasteiger partial charge is 0.494 e. The van der Waals surface area contributed by atoms with Crippen molar-refractivity contribution in [2.24, 2.45) is 0 Å². The van der Waals surface area contributed by atoms with Gasteiger partial charge in [0.05, 0.1) is 6.61 Å². The summed E-state index contributed by atoms with van der Waals surface area (Å²) in [4.78, 5) is 1.74. The van der Waals surface area contributed by atoms with E-state index >= 15 is 0 Å². The number of halogens is 2. The maximum atomic E-state index is 12.9. The summed E-state index contributed by atoms with van der Waals surface area (Å²) in [7, 11) is 5.59. The van der Waals surface area contributed by atoms with Gasteiger partial charge in [0.2, 0.25) is 0 Å². The van der Waals surface area contributed by atoms with Crippen molar-refractivity contribution in [3.63, 3.8) is 0 Å². The summed E-state index contributed by atoms with van der Waals surface area (Å²) in [5, 5.41) is 3.69. The Kier molecular flexibility index (Phi) is 9.34. The van der Waals surface area contributed by atoms with Gasteiger partial charge in [0, 0.05) is 26.6 Å². The highest BCUT2D eigenvalue weighted by molar-refractivity contribution is 7.80. The normalized spacial score (nSPS) is 11.2. The van der Waals surface area contributed by atoms with Crippen LogP contribution in [0.15, 0.2) is 48.5 Å². The van der Waals surface area contributed by atoms with Crippen LogP contribution in [0.25, 0.3) is 0 Å². The van der Waals surface area contributed by atoms with Gasteiger partial charge in [0.1, 0.15) is 17.3 Å². The Hall–Kier alpha value is -1.89. The molecule has 2 aromatic rings. The van der Waals surface area contributed by atoms with E-state index in [1.165, 1.54) is 12.1 Å². The zero-order valence-corrected chi connectivity index (χ0v) is 16.7. The van der Waals surface area contributed by atoms with Crippen molar-refractivity contribution in [1.82, 2.24) is 10.2 Å². The molecule has 26 heavy (non-hydrogen) atoms. The molecule has 0 aromatic heterocycles. The van der Waals surface area contributed by atoms with Crippen LogP contribution in [-0.2, 0) is 0 Å². The van der Waals surface area contributed by atoms with E-state index in [-0.39, 0.29) is 24.3 Å². The number of hydrogen-bond donors (Lipinski definition) is 1.